The first-order valence-electron chi connectivity index (χ1n) is 4.73. The Morgan fingerprint density at radius 1 is 1.25 bits per heavy atom. The summed E-state index contributed by atoms with van der Waals surface area (Å²) < 4.78 is 13.1. The Bertz CT molecular complexity index is 150. The van der Waals surface area contributed by atoms with Crippen LogP contribution in [0.1, 0.15) is 40.0 Å². The Labute approximate surface area is 74.0 Å². The third kappa shape index (κ3) is 2.19. The number of aliphatic hydroxyl groups is 1. The van der Waals surface area contributed by atoms with Crippen LogP contribution in [0.4, 0.5) is 4.39 Å². The van der Waals surface area contributed by atoms with Gasteiger partial charge in [0.25, 0.3) is 0 Å². The van der Waals surface area contributed by atoms with Gasteiger partial charge < -0.3 is 5.11 Å². The van der Waals surface area contributed by atoms with Crippen molar-refractivity contribution in [3.8, 4) is 0 Å². The number of rotatable bonds is 0. The summed E-state index contributed by atoms with van der Waals surface area (Å²) in [5.41, 5.74) is 0.185. The van der Waals surface area contributed by atoms with Gasteiger partial charge in [0.1, 0.15) is 6.17 Å². The Morgan fingerprint density at radius 2 is 1.83 bits per heavy atom. The molecule has 1 nitrogen and oxygen atoms in total. The van der Waals surface area contributed by atoms with Gasteiger partial charge in [-0.05, 0) is 30.6 Å². The van der Waals surface area contributed by atoms with E-state index in [0.717, 1.165) is 6.42 Å². The monoisotopic (exact) mass is 174 g/mol. The summed E-state index contributed by atoms with van der Waals surface area (Å²) in [5.74, 6) is 0.427. The van der Waals surface area contributed by atoms with Crippen LogP contribution in [0.25, 0.3) is 0 Å². The summed E-state index contributed by atoms with van der Waals surface area (Å²) in [6.45, 7) is 6.42. The molecular formula is C10H19FO. The number of hydrogen-bond donors (Lipinski definition) is 1. The number of halogens is 1. The Hall–Kier alpha value is -0.110. The second kappa shape index (κ2) is 3.33. The van der Waals surface area contributed by atoms with Crippen molar-refractivity contribution in [2.24, 2.45) is 11.3 Å². The molecule has 0 amide bonds. The van der Waals surface area contributed by atoms with Gasteiger partial charge in [0.15, 0.2) is 0 Å². The molecular weight excluding hydrogens is 155 g/mol. The van der Waals surface area contributed by atoms with Crippen molar-refractivity contribution in [3.63, 3.8) is 0 Å². The van der Waals surface area contributed by atoms with Gasteiger partial charge in [0.2, 0.25) is 0 Å². The van der Waals surface area contributed by atoms with Crippen LogP contribution in [-0.4, -0.2) is 17.4 Å². The molecule has 0 aromatic heterocycles. The summed E-state index contributed by atoms with van der Waals surface area (Å²) in [4.78, 5) is 0. The number of alkyl halides is 1. The summed E-state index contributed by atoms with van der Waals surface area (Å²) in [5, 5.41) is 9.19. The number of aliphatic hydroxyl groups excluding tert-OH is 1. The van der Waals surface area contributed by atoms with Crippen LogP contribution < -0.4 is 0 Å². The van der Waals surface area contributed by atoms with E-state index in [0.29, 0.717) is 18.8 Å². The second-order valence-electron chi connectivity index (χ2n) is 4.96. The molecule has 72 valence electrons. The van der Waals surface area contributed by atoms with E-state index in [9.17, 15) is 9.50 Å². The lowest BCUT2D eigenvalue weighted by Gasteiger charge is -2.37. The highest BCUT2D eigenvalue weighted by molar-refractivity contribution is 4.85. The van der Waals surface area contributed by atoms with Crippen molar-refractivity contribution in [3.05, 3.63) is 0 Å². The molecule has 0 heterocycles. The highest BCUT2D eigenvalue weighted by Gasteiger charge is 2.34. The average molecular weight is 174 g/mol. The molecule has 0 aliphatic heterocycles. The number of hydrogen-bond acceptors (Lipinski definition) is 1. The SMILES string of the molecule is CC(C)(C)[C@H]1CC[C@@H](O)[C@H](F)C1. The van der Waals surface area contributed by atoms with E-state index < -0.39 is 12.3 Å². The van der Waals surface area contributed by atoms with Crippen LogP contribution in [0, 0.1) is 11.3 Å². The van der Waals surface area contributed by atoms with Crippen molar-refractivity contribution >= 4 is 0 Å². The molecule has 12 heavy (non-hydrogen) atoms. The first-order chi connectivity index (χ1) is 5.41. The molecule has 3 atom stereocenters. The Kier molecular flexibility index (Phi) is 2.77. The van der Waals surface area contributed by atoms with E-state index in [1.54, 1.807) is 0 Å². The molecule has 1 N–H and O–H groups in total. The van der Waals surface area contributed by atoms with Crippen molar-refractivity contribution in [2.45, 2.75) is 52.3 Å². The molecule has 0 spiro atoms. The third-order valence-electron chi connectivity index (χ3n) is 2.96. The highest BCUT2D eigenvalue weighted by atomic mass is 19.1. The smallest absolute Gasteiger partial charge is 0.126 e. The predicted molar refractivity (Wildman–Crippen MR) is 47.7 cm³/mol. The van der Waals surface area contributed by atoms with Crippen LogP contribution in [0.2, 0.25) is 0 Å². The first-order valence-corrected chi connectivity index (χ1v) is 4.73. The Morgan fingerprint density at radius 3 is 2.25 bits per heavy atom. The van der Waals surface area contributed by atoms with Gasteiger partial charge in [0, 0.05) is 0 Å². The van der Waals surface area contributed by atoms with E-state index in [4.69, 9.17) is 0 Å². The molecule has 1 saturated carbocycles. The van der Waals surface area contributed by atoms with Gasteiger partial charge in [-0.25, -0.2) is 4.39 Å². The van der Waals surface area contributed by atoms with E-state index in [1.165, 1.54) is 0 Å². The third-order valence-corrected chi connectivity index (χ3v) is 2.96. The lowest BCUT2D eigenvalue weighted by Crippen LogP contribution is -2.35. The van der Waals surface area contributed by atoms with Gasteiger partial charge in [-0.15, -0.1) is 0 Å². The lowest BCUT2D eigenvalue weighted by molar-refractivity contribution is 0.000313. The zero-order valence-electron chi connectivity index (χ0n) is 8.18. The second-order valence-corrected chi connectivity index (χ2v) is 4.96. The fraction of sp³-hybridized carbons (Fsp3) is 1.00. The zero-order chi connectivity index (χ0) is 9.35. The molecule has 0 unspecified atom stereocenters. The minimum absolute atomic E-state index is 0.185. The molecule has 0 saturated heterocycles. The first kappa shape index (κ1) is 9.97. The van der Waals surface area contributed by atoms with E-state index in [1.807, 2.05) is 0 Å². The van der Waals surface area contributed by atoms with Crippen LogP contribution in [-0.2, 0) is 0 Å². The zero-order valence-corrected chi connectivity index (χ0v) is 8.18. The van der Waals surface area contributed by atoms with Crippen molar-refractivity contribution in [2.75, 3.05) is 0 Å². The molecule has 2 heteroatoms. The lowest BCUT2D eigenvalue weighted by atomic mass is 9.71. The molecule has 1 aliphatic rings. The van der Waals surface area contributed by atoms with Crippen LogP contribution >= 0.6 is 0 Å². The minimum atomic E-state index is -0.997. The Balaban J connectivity index is 2.51. The van der Waals surface area contributed by atoms with E-state index in [2.05, 4.69) is 20.8 Å². The van der Waals surface area contributed by atoms with Gasteiger partial charge in [-0.2, -0.15) is 0 Å². The maximum atomic E-state index is 13.1. The predicted octanol–water partition coefficient (Wildman–Crippen LogP) is 2.53. The van der Waals surface area contributed by atoms with Crippen molar-refractivity contribution in [1.29, 1.82) is 0 Å². The van der Waals surface area contributed by atoms with Gasteiger partial charge >= 0.3 is 0 Å². The highest BCUT2D eigenvalue weighted by Crippen LogP contribution is 2.38. The molecule has 0 aromatic carbocycles. The van der Waals surface area contributed by atoms with Crippen molar-refractivity contribution < 1.29 is 9.50 Å². The summed E-state index contributed by atoms with van der Waals surface area (Å²) >= 11 is 0. The molecule has 1 rings (SSSR count). The van der Waals surface area contributed by atoms with Gasteiger partial charge in [0.05, 0.1) is 6.10 Å². The maximum absolute atomic E-state index is 13.1. The summed E-state index contributed by atoms with van der Waals surface area (Å²) in [7, 11) is 0. The standard InChI is InChI=1S/C10H19FO/c1-10(2,3)7-4-5-9(12)8(11)6-7/h7-9,12H,4-6H2,1-3H3/t7-,8+,9+/m0/s1. The van der Waals surface area contributed by atoms with Gasteiger partial charge in [-0.1, -0.05) is 20.8 Å². The molecule has 0 bridgehead atoms. The quantitative estimate of drug-likeness (QED) is 0.598. The van der Waals surface area contributed by atoms with Crippen LogP contribution in [0.3, 0.4) is 0 Å². The summed E-state index contributed by atoms with van der Waals surface area (Å²) in [6, 6.07) is 0. The molecule has 0 aromatic rings. The van der Waals surface area contributed by atoms with Crippen LogP contribution in [0.5, 0.6) is 0 Å². The minimum Gasteiger partial charge on any atom is -0.390 e. The normalized spacial score (nSPS) is 38.2. The summed E-state index contributed by atoms with van der Waals surface area (Å²) in [6.07, 6.45) is 0.422. The maximum Gasteiger partial charge on any atom is 0.126 e. The topological polar surface area (TPSA) is 20.2 Å². The van der Waals surface area contributed by atoms with E-state index >= 15 is 0 Å². The average Bonchev–Trinajstić information content (AvgIpc) is 1.92. The molecule has 0 radical (unpaired) electrons. The molecule has 1 aliphatic carbocycles. The van der Waals surface area contributed by atoms with Gasteiger partial charge in [-0.3, -0.25) is 0 Å². The largest absolute Gasteiger partial charge is 0.390 e. The van der Waals surface area contributed by atoms with Crippen molar-refractivity contribution in [1.82, 2.24) is 0 Å². The molecule has 1 fully saturated rings. The fourth-order valence-electron chi connectivity index (χ4n) is 1.89. The van der Waals surface area contributed by atoms with Crippen LogP contribution in [0.15, 0.2) is 0 Å². The van der Waals surface area contributed by atoms with E-state index in [-0.39, 0.29) is 5.41 Å². The fourth-order valence-corrected chi connectivity index (χ4v) is 1.89.